The quantitative estimate of drug-likeness (QED) is 0.736. The topological polar surface area (TPSA) is 33.3 Å². The van der Waals surface area contributed by atoms with Crippen molar-refractivity contribution in [3.05, 3.63) is 0 Å². The van der Waals surface area contributed by atoms with Gasteiger partial charge in [0.2, 0.25) is 0 Å². The predicted octanol–water partition coefficient (Wildman–Crippen LogP) is 1.24. The fraction of sp³-hybridized carbons (Fsp3) is 1.00. The second-order valence-electron chi connectivity index (χ2n) is 5.13. The standard InChI is InChI=1S/C12H24N2OS/c1-10(7-11-8-15-6-5-13-11)14-9-12(16-2)3-4-12/h10-11,13-14H,3-9H2,1-2H3. The lowest BCUT2D eigenvalue weighted by Crippen LogP contribution is -2.45. The highest BCUT2D eigenvalue weighted by atomic mass is 32.2. The molecule has 1 saturated heterocycles. The van der Waals surface area contributed by atoms with E-state index >= 15 is 0 Å². The van der Waals surface area contributed by atoms with Crippen molar-refractivity contribution in [2.75, 3.05) is 32.6 Å². The van der Waals surface area contributed by atoms with Crippen molar-refractivity contribution >= 4 is 11.8 Å². The van der Waals surface area contributed by atoms with E-state index in [1.165, 1.54) is 25.8 Å². The molecule has 0 spiro atoms. The maximum atomic E-state index is 5.47. The first-order chi connectivity index (χ1) is 7.74. The maximum Gasteiger partial charge on any atom is 0.0620 e. The molecule has 2 fully saturated rings. The highest BCUT2D eigenvalue weighted by molar-refractivity contribution is 8.00. The van der Waals surface area contributed by atoms with Gasteiger partial charge in [-0.05, 0) is 32.4 Å². The number of ether oxygens (including phenoxy) is 1. The van der Waals surface area contributed by atoms with Crippen molar-refractivity contribution in [1.82, 2.24) is 10.6 Å². The highest BCUT2D eigenvalue weighted by Gasteiger charge is 2.41. The molecular formula is C12H24N2OS. The molecule has 1 aliphatic heterocycles. The van der Waals surface area contributed by atoms with Gasteiger partial charge in [0.15, 0.2) is 0 Å². The highest BCUT2D eigenvalue weighted by Crippen LogP contribution is 2.46. The fourth-order valence-electron chi connectivity index (χ4n) is 2.23. The number of thioether (sulfide) groups is 1. The molecule has 16 heavy (non-hydrogen) atoms. The lowest BCUT2D eigenvalue weighted by atomic mass is 10.1. The molecule has 94 valence electrons. The summed E-state index contributed by atoms with van der Waals surface area (Å²) in [5, 5.41) is 7.17. The van der Waals surface area contributed by atoms with Crippen LogP contribution in [0.1, 0.15) is 26.2 Å². The Morgan fingerprint density at radius 3 is 2.94 bits per heavy atom. The Morgan fingerprint density at radius 2 is 2.38 bits per heavy atom. The molecule has 0 aromatic heterocycles. The summed E-state index contributed by atoms with van der Waals surface area (Å²) in [6, 6.07) is 1.13. The van der Waals surface area contributed by atoms with Gasteiger partial charge in [-0.25, -0.2) is 0 Å². The van der Waals surface area contributed by atoms with Gasteiger partial charge < -0.3 is 15.4 Å². The summed E-state index contributed by atoms with van der Waals surface area (Å²) in [5.74, 6) is 0. The number of morpholine rings is 1. The van der Waals surface area contributed by atoms with Gasteiger partial charge in [-0.3, -0.25) is 0 Å². The molecule has 2 rings (SSSR count). The predicted molar refractivity (Wildman–Crippen MR) is 70.2 cm³/mol. The zero-order valence-corrected chi connectivity index (χ0v) is 11.2. The summed E-state index contributed by atoms with van der Waals surface area (Å²) in [6.07, 6.45) is 6.18. The molecule has 3 nitrogen and oxygen atoms in total. The first-order valence-corrected chi connectivity index (χ1v) is 7.56. The van der Waals surface area contributed by atoms with Gasteiger partial charge in [-0.1, -0.05) is 0 Å². The maximum absolute atomic E-state index is 5.47. The van der Waals surface area contributed by atoms with Gasteiger partial charge in [0.05, 0.1) is 13.2 Å². The third kappa shape index (κ3) is 3.62. The Bertz CT molecular complexity index is 215. The lowest BCUT2D eigenvalue weighted by Gasteiger charge is -2.27. The smallest absolute Gasteiger partial charge is 0.0620 e. The minimum absolute atomic E-state index is 0.542. The Labute approximate surface area is 103 Å². The van der Waals surface area contributed by atoms with Crippen LogP contribution in [-0.2, 0) is 4.74 Å². The van der Waals surface area contributed by atoms with Crippen molar-refractivity contribution in [2.45, 2.75) is 43.0 Å². The molecule has 2 aliphatic rings. The van der Waals surface area contributed by atoms with Crippen LogP contribution in [0.3, 0.4) is 0 Å². The molecule has 0 aromatic carbocycles. The molecule has 4 heteroatoms. The Morgan fingerprint density at radius 1 is 1.56 bits per heavy atom. The fourth-order valence-corrected chi connectivity index (χ4v) is 2.97. The van der Waals surface area contributed by atoms with Gasteiger partial charge in [0.25, 0.3) is 0 Å². The molecule has 2 N–H and O–H groups in total. The minimum Gasteiger partial charge on any atom is -0.379 e. The Kier molecular flexibility index (Phi) is 4.53. The summed E-state index contributed by atoms with van der Waals surface area (Å²) in [5.41, 5.74) is 0. The zero-order valence-electron chi connectivity index (χ0n) is 10.4. The number of hydrogen-bond acceptors (Lipinski definition) is 4. The van der Waals surface area contributed by atoms with Crippen LogP contribution >= 0.6 is 11.8 Å². The van der Waals surface area contributed by atoms with Crippen molar-refractivity contribution < 1.29 is 4.74 Å². The third-order valence-corrected chi connectivity index (χ3v) is 5.07. The first-order valence-electron chi connectivity index (χ1n) is 6.34. The SMILES string of the molecule is CSC1(CNC(C)CC2COCCN2)CC1. The average molecular weight is 244 g/mol. The van der Waals surface area contributed by atoms with Gasteiger partial charge in [-0.15, -0.1) is 0 Å². The number of hydrogen-bond donors (Lipinski definition) is 2. The van der Waals surface area contributed by atoms with Crippen molar-refractivity contribution in [2.24, 2.45) is 0 Å². The Balaban J connectivity index is 1.62. The van der Waals surface area contributed by atoms with Crippen molar-refractivity contribution in [3.63, 3.8) is 0 Å². The van der Waals surface area contributed by atoms with Crippen LogP contribution in [-0.4, -0.2) is 49.4 Å². The second kappa shape index (κ2) is 5.71. The van der Waals surface area contributed by atoms with E-state index in [2.05, 4.69) is 23.8 Å². The van der Waals surface area contributed by atoms with Crippen molar-refractivity contribution in [1.29, 1.82) is 0 Å². The average Bonchev–Trinajstić information content (AvgIpc) is 3.09. The van der Waals surface area contributed by atoms with E-state index in [1.54, 1.807) is 0 Å². The molecule has 1 aliphatic carbocycles. The van der Waals surface area contributed by atoms with Crippen LogP contribution in [0.5, 0.6) is 0 Å². The number of rotatable bonds is 6. The number of nitrogens with one attached hydrogen (secondary N) is 2. The van der Waals surface area contributed by atoms with Crippen LogP contribution in [0, 0.1) is 0 Å². The molecule has 2 atom stereocenters. The van der Waals surface area contributed by atoms with Crippen LogP contribution < -0.4 is 10.6 Å². The largest absolute Gasteiger partial charge is 0.379 e. The molecule has 1 heterocycles. The van der Waals surface area contributed by atoms with E-state index in [0.717, 1.165) is 19.8 Å². The molecular weight excluding hydrogens is 220 g/mol. The summed E-state index contributed by atoms with van der Waals surface area (Å²) in [4.78, 5) is 0. The van der Waals surface area contributed by atoms with E-state index < -0.39 is 0 Å². The van der Waals surface area contributed by atoms with E-state index in [1.807, 2.05) is 11.8 Å². The molecule has 0 bridgehead atoms. The van der Waals surface area contributed by atoms with Gasteiger partial charge in [0.1, 0.15) is 0 Å². The first kappa shape index (κ1) is 12.7. The molecule has 2 unspecified atom stereocenters. The van der Waals surface area contributed by atoms with Crippen LogP contribution in [0.4, 0.5) is 0 Å². The Hall–Kier alpha value is 0.230. The zero-order chi connectivity index (χ0) is 11.4. The van der Waals surface area contributed by atoms with E-state index in [4.69, 9.17) is 4.74 Å². The molecule has 1 saturated carbocycles. The minimum atomic E-state index is 0.542. The summed E-state index contributed by atoms with van der Waals surface area (Å²) < 4.78 is 6.04. The van der Waals surface area contributed by atoms with Gasteiger partial charge in [-0.2, -0.15) is 11.8 Å². The van der Waals surface area contributed by atoms with Crippen molar-refractivity contribution in [3.8, 4) is 0 Å². The van der Waals surface area contributed by atoms with E-state index in [9.17, 15) is 0 Å². The summed E-state index contributed by atoms with van der Waals surface area (Å²) in [7, 11) is 0. The summed E-state index contributed by atoms with van der Waals surface area (Å²) in [6.45, 7) is 6.20. The van der Waals surface area contributed by atoms with Crippen LogP contribution in [0.2, 0.25) is 0 Å². The third-order valence-electron chi connectivity index (χ3n) is 3.65. The lowest BCUT2D eigenvalue weighted by molar-refractivity contribution is 0.0712. The molecule has 0 aromatic rings. The van der Waals surface area contributed by atoms with Crippen LogP contribution in [0.15, 0.2) is 0 Å². The van der Waals surface area contributed by atoms with E-state index in [0.29, 0.717) is 16.8 Å². The normalized spacial score (nSPS) is 30.0. The monoisotopic (exact) mass is 244 g/mol. The molecule has 0 amide bonds. The summed E-state index contributed by atoms with van der Waals surface area (Å²) >= 11 is 2.02. The van der Waals surface area contributed by atoms with Gasteiger partial charge >= 0.3 is 0 Å². The van der Waals surface area contributed by atoms with E-state index in [-0.39, 0.29) is 0 Å². The van der Waals surface area contributed by atoms with Gasteiger partial charge in [0, 0.05) is 29.9 Å². The van der Waals surface area contributed by atoms with Crippen LogP contribution in [0.25, 0.3) is 0 Å². The molecule has 0 radical (unpaired) electrons. The second-order valence-corrected chi connectivity index (χ2v) is 6.41.